The topological polar surface area (TPSA) is 23.5 Å². The lowest BCUT2D eigenvalue weighted by Crippen LogP contribution is -2.22. The molecule has 0 heterocycles. The fraction of sp³-hybridized carbons (Fsp3) is 0.294. The Morgan fingerprint density at radius 1 is 1.10 bits per heavy atom. The van der Waals surface area contributed by atoms with Crippen molar-refractivity contribution in [1.82, 2.24) is 0 Å². The summed E-state index contributed by atoms with van der Waals surface area (Å²) < 4.78 is 0.978. The molecule has 1 unspecified atom stereocenters. The minimum Gasteiger partial charge on any atom is -0.508 e. The number of halogens is 1. The highest BCUT2D eigenvalue weighted by Crippen LogP contribution is 2.34. The summed E-state index contributed by atoms with van der Waals surface area (Å²) in [7, 11) is 2.06. The first-order valence-electron chi connectivity index (χ1n) is 6.68. The zero-order chi connectivity index (χ0) is 14.9. The third kappa shape index (κ3) is 2.98. The van der Waals surface area contributed by atoms with E-state index in [1.54, 1.807) is 6.07 Å². The molecule has 0 fully saturated rings. The molecule has 1 atom stereocenters. The van der Waals surface area contributed by atoms with Crippen molar-refractivity contribution in [2.75, 3.05) is 11.9 Å². The van der Waals surface area contributed by atoms with Crippen molar-refractivity contribution in [2.24, 2.45) is 0 Å². The number of phenolic OH excluding ortho intramolecular Hbond substituents is 1. The van der Waals surface area contributed by atoms with Gasteiger partial charge in [-0.2, -0.15) is 0 Å². The second kappa shape index (κ2) is 5.88. The largest absolute Gasteiger partial charge is 0.508 e. The molecule has 0 spiro atoms. The summed E-state index contributed by atoms with van der Waals surface area (Å²) in [4.78, 5) is 2.19. The number of aromatic hydroxyl groups is 1. The summed E-state index contributed by atoms with van der Waals surface area (Å²) in [6.07, 6.45) is 0. The van der Waals surface area contributed by atoms with Crippen molar-refractivity contribution >= 4 is 21.6 Å². The van der Waals surface area contributed by atoms with Gasteiger partial charge >= 0.3 is 0 Å². The Balaban J connectivity index is 2.37. The number of rotatable bonds is 3. The zero-order valence-electron chi connectivity index (χ0n) is 12.3. The fourth-order valence-corrected chi connectivity index (χ4v) is 2.86. The van der Waals surface area contributed by atoms with E-state index in [0.29, 0.717) is 5.75 Å². The highest BCUT2D eigenvalue weighted by atomic mass is 79.9. The molecule has 0 radical (unpaired) electrons. The quantitative estimate of drug-likeness (QED) is 0.857. The van der Waals surface area contributed by atoms with Crippen molar-refractivity contribution in [2.45, 2.75) is 26.8 Å². The van der Waals surface area contributed by atoms with Gasteiger partial charge in [0.2, 0.25) is 0 Å². The maximum atomic E-state index is 10.1. The molecule has 2 nitrogen and oxygen atoms in total. The molecule has 2 aromatic rings. The standard InChI is InChI=1S/C17H20BrNO/c1-11-5-7-16(12(2)9-11)19(4)13(3)15-10-14(18)6-8-17(15)20/h5-10,13,20H,1-4H3. The summed E-state index contributed by atoms with van der Waals surface area (Å²) >= 11 is 3.46. The predicted octanol–water partition coefficient (Wildman–Crippen LogP) is 4.97. The number of benzene rings is 2. The molecule has 0 aromatic heterocycles. The lowest BCUT2D eigenvalue weighted by molar-refractivity contribution is 0.462. The first kappa shape index (κ1) is 14.9. The van der Waals surface area contributed by atoms with Crippen LogP contribution < -0.4 is 4.90 Å². The van der Waals surface area contributed by atoms with Gasteiger partial charge in [0.25, 0.3) is 0 Å². The predicted molar refractivity (Wildman–Crippen MR) is 88.5 cm³/mol. The van der Waals surface area contributed by atoms with E-state index in [2.05, 4.69) is 66.8 Å². The lowest BCUT2D eigenvalue weighted by atomic mass is 10.0. The molecule has 106 valence electrons. The smallest absolute Gasteiger partial charge is 0.120 e. The first-order chi connectivity index (χ1) is 9.40. The van der Waals surface area contributed by atoms with E-state index >= 15 is 0 Å². The molecule has 0 bridgehead atoms. The highest BCUT2D eigenvalue weighted by molar-refractivity contribution is 9.10. The minimum atomic E-state index is 0.0916. The number of hydrogen-bond acceptors (Lipinski definition) is 2. The summed E-state index contributed by atoms with van der Waals surface area (Å²) in [5.41, 5.74) is 4.61. The number of aryl methyl sites for hydroxylation is 2. The van der Waals surface area contributed by atoms with Crippen molar-refractivity contribution in [3.05, 3.63) is 57.6 Å². The van der Waals surface area contributed by atoms with Crippen LogP contribution in [0.1, 0.15) is 29.7 Å². The van der Waals surface area contributed by atoms with Gasteiger partial charge in [-0.05, 0) is 50.6 Å². The Morgan fingerprint density at radius 3 is 2.45 bits per heavy atom. The van der Waals surface area contributed by atoms with Crippen LogP contribution in [0.3, 0.4) is 0 Å². The van der Waals surface area contributed by atoms with Crippen LogP contribution in [0.25, 0.3) is 0 Å². The normalized spacial score (nSPS) is 12.2. The van der Waals surface area contributed by atoms with Crippen LogP contribution in [0.15, 0.2) is 40.9 Å². The third-order valence-electron chi connectivity index (χ3n) is 3.75. The lowest BCUT2D eigenvalue weighted by Gasteiger charge is -2.29. The van der Waals surface area contributed by atoms with Crippen molar-refractivity contribution < 1.29 is 5.11 Å². The molecular weight excluding hydrogens is 314 g/mol. The van der Waals surface area contributed by atoms with Crippen LogP contribution in [0, 0.1) is 13.8 Å². The molecule has 0 amide bonds. The van der Waals surface area contributed by atoms with Gasteiger partial charge in [0.05, 0.1) is 6.04 Å². The van der Waals surface area contributed by atoms with E-state index < -0.39 is 0 Å². The molecule has 0 saturated heterocycles. The van der Waals surface area contributed by atoms with Crippen molar-refractivity contribution in [3.8, 4) is 5.75 Å². The summed E-state index contributed by atoms with van der Waals surface area (Å²) in [5, 5.41) is 10.1. The molecule has 0 aliphatic heterocycles. The molecule has 3 heteroatoms. The van der Waals surface area contributed by atoms with Crippen molar-refractivity contribution in [1.29, 1.82) is 0 Å². The van der Waals surface area contributed by atoms with Crippen LogP contribution >= 0.6 is 15.9 Å². The van der Waals surface area contributed by atoms with Gasteiger partial charge in [-0.15, -0.1) is 0 Å². The highest BCUT2D eigenvalue weighted by Gasteiger charge is 2.17. The van der Waals surface area contributed by atoms with E-state index in [1.807, 2.05) is 12.1 Å². The minimum absolute atomic E-state index is 0.0916. The number of hydrogen-bond donors (Lipinski definition) is 1. The van der Waals surface area contributed by atoms with E-state index in [0.717, 1.165) is 10.0 Å². The number of anilines is 1. The van der Waals surface area contributed by atoms with Crippen LogP contribution in [-0.4, -0.2) is 12.2 Å². The maximum absolute atomic E-state index is 10.1. The van der Waals surface area contributed by atoms with Crippen LogP contribution in [0.2, 0.25) is 0 Å². The fourth-order valence-electron chi connectivity index (χ4n) is 2.48. The van der Waals surface area contributed by atoms with Gasteiger partial charge < -0.3 is 10.0 Å². The molecular formula is C17H20BrNO. The van der Waals surface area contributed by atoms with Gasteiger partial charge in [-0.3, -0.25) is 0 Å². The number of phenols is 1. The zero-order valence-corrected chi connectivity index (χ0v) is 13.9. The van der Waals surface area contributed by atoms with Gasteiger partial charge in [-0.25, -0.2) is 0 Å². The van der Waals surface area contributed by atoms with Gasteiger partial charge in [0.1, 0.15) is 5.75 Å². The molecule has 0 aliphatic carbocycles. The van der Waals surface area contributed by atoms with Crippen LogP contribution in [0.4, 0.5) is 5.69 Å². The maximum Gasteiger partial charge on any atom is 0.120 e. The van der Waals surface area contributed by atoms with Crippen molar-refractivity contribution in [3.63, 3.8) is 0 Å². The van der Waals surface area contributed by atoms with E-state index in [-0.39, 0.29) is 6.04 Å². The summed E-state index contributed by atoms with van der Waals surface area (Å²) in [6.45, 7) is 6.31. The van der Waals surface area contributed by atoms with E-state index in [9.17, 15) is 5.11 Å². The molecule has 2 rings (SSSR count). The molecule has 0 saturated carbocycles. The first-order valence-corrected chi connectivity index (χ1v) is 7.48. The van der Waals surface area contributed by atoms with Gasteiger partial charge in [0.15, 0.2) is 0 Å². The summed E-state index contributed by atoms with van der Waals surface area (Å²) in [5.74, 6) is 0.331. The molecule has 0 aliphatic rings. The number of nitrogens with zero attached hydrogens (tertiary/aromatic N) is 1. The Hall–Kier alpha value is -1.48. The van der Waals surface area contributed by atoms with E-state index in [4.69, 9.17) is 0 Å². The molecule has 2 aromatic carbocycles. The van der Waals surface area contributed by atoms with Crippen LogP contribution in [0.5, 0.6) is 5.75 Å². The van der Waals surface area contributed by atoms with Gasteiger partial charge in [0, 0.05) is 22.8 Å². The summed E-state index contributed by atoms with van der Waals surface area (Å²) in [6, 6.07) is 12.1. The monoisotopic (exact) mass is 333 g/mol. The molecule has 1 N–H and O–H groups in total. The Kier molecular flexibility index (Phi) is 4.39. The Morgan fingerprint density at radius 2 is 1.80 bits per heavy atom. The second-order valence-corrected chi connectivity index (χ2v) is 6.20. The Bertz CT molecular complexity index is 624. The average molecular weight is 334 g/mol. The van der Waals surface area contributed by atoms with Crippen LogP contribution in [-0.2, 0) is 0 Å². The van der Waals surface area contributed by atoms with Gasteiger partial charge in [-0.1, -0.05) is 33.6 Å². The average Bonchev–Trinajstić information content (AvgIpc) is 2.40. The second-order valence-electron chi connectivity index (χ2n) is 5.28. The SMILES string of the molecule is Cc1ccc(N(C)C(C)c2cc(Br)ccc2O)c(C)c1. The Labute approximate surface area is 129 Å². The van der Waals surface area contributed by atoms with E-state index in [1.165, 1.54) is 16.8 Å². The third-order valence-corrected chi connectivity index (χ3v) is 4.25. The molecule has 20 heavy (non-hydrogen) atoms.